The van der Waals surface area contributed by atoms with Crippen molar-refractivity contribution in [2.75, 3.05) is 10.7 Å². The molecule has 9 heteroatoms. The third kappa shape index (κ3) is 5.21. The van der Waals surface area contributed by atoms with Gasteiger partial charge in [0.25, 0.3) is 0 Å². The Hall–Kier alpha value is -3.33. The molecule has 3 fully saturated rings. The van der Waals surface area contributed by atoms with Gasteiger partial charge >= 0.3 is 0 Å². The Bertz CT molecular complexity index is 1660. The first-order valence-corrected chi connectivity index (χ1v) is 16.8. The molecule has 7 nitrogen and oxygen atoms in total. The molecule has 1 amide bonds. The first kappa shape index (κ1) is 29.4. The summed E-state index contributed by atoms with van der Waals surface area (Å²) in [5, 5.41) is 42.3. The number of halogens is 1. The van der Waals surface area contributed by atoms with Crippen LogP contribution in [-0.4, -0.2) is 44.0 Å². The summed E-state index contributed by atoms with van der Waals surface area (Å²) < 4.78 is 0. The molecule has 3 aromatic carbocycles. The zero-order valence-corrected chi connectivity index (χ0v) is 26.2. The number of phenolic OH excluding ortho intramolecular Hbond substituents is 2. The van der Waals surface area contributed by atoms with Crippen LogP contribution in [0.2, 0.25) is 5.02 Å². The van der Waals surface area contributed by atoms with Crippen molar-refractivity contribution < 1.29 is 20.1 Å². The summed E-state index contributed by atoms with van der Waals surface area (Å²) >= 11 is 7.40. The highest BCUT2D eigenvalue weighted by Crippen LogP contribution is 2.61. The van der Waals surface area contributed by atoms with E-state index in [0.717, 1.165) is 49.7 Å². The van der Waals surface area contributed by atoms with Gasteiger partial charge in [0.15, 0.2) is 5.17 Å². The lowest BCUT2D eigenvalue weighted by molar-refractivity contribution is -0.115. The predicted molar refractivity (Wildman–Crippen MR) is 176 cm³/mol. The van der Waals surface area contributed by atoms with Crippen molar-refractivity contribution in [2.45, 2.75) is 63.9 Å². The molecule has 1 saturated heterocycles. The Labute approximate surface area is 266 Å². The highest BCUT2D eigenvalue weighted by atomic mass is 35.5. The molecule has 3 N–H and O–H groups in total. The lowest BCUT2D eigenvalue weighted by atomic mass is 9.55. The topological polar surface area (TPSA) is 106 Å². The maximum atomic E-state index is 12.8. The summed E-state index contributed by atoms with van der Waals surface area (Å²) in [6.45, 7) is 2.29. The first-order valence-electron chi connectivity index (χ1n) is 15.4. The fourth-order valence-electron chi connectivity index (χ4n) is 8.18. The number of aliphatic hydroxyl groups excluding tert-OH is 1. The number of carbonyl (C=O) groups excluding carboxylic acids is 1. The summed E-state index contributed by atoms with van der Waals surface area (Å²) in [6, 6.07) is 17.9. The number of amides is 1. The summed E-state index contributed by atoms with van der Waals surface area (Å²) in [5.74, 6) is 2.06. The van der Waals surface area contributed by atoms with Gasteiger partial charge < -0.3 is 15.3 Å². The number of carbonyl (C=O) groups is 1. The van der Waals surface area contributed by atoms with Crippen LogP contribution in [0, 0.1) is 17.3 Å². The van der Waals surface area contributed by atoms with Gasteiger partial charge in [-0.3, -0.25) is 9.69 Å². The van der Waals surface area contributed by atoms with E-state index in [1.165, 1.54) is 22.9 Å². The molecule has 0 bridgehead atoms. The lowest BCUT2D eigenvalue weighted by Gasteiger charge is -2.50. The van der Waals surface area contributed by atoms with Crippen LogP contribution >= 0.6 is 23.4 Å². The summed E-state index contributed by atoms with van der Waals surface area (Å²) in [4.78, 5) is 14.3. The molecule has 4 aliphatic rings. The van der Waals surface area contributed by atoms with E-state index in [0.29, 0.717) is 45.8 Å². The van der Waals surface area contributed by atoms with Crippen molar-refractivity contribution in [3.05, 3.63) is 87.9 Å². The van der Waals surface area contributed by atoms with Gasteiger partial charge in [-0.25, -0.2) is 0 Å². The second-order valence-corrected chi connectivity index (χ2v) is 14.3. The molecule has 0 aromatic heterocycles. The number of hydrogen-bond acceptors (Lipinski definition) is 7. The van der Waals surface area contributed by atoms with E-state index < -0.39 is 0 Å². The van der Waals surface area contributed by atoms with Crippen LogP contribution in [0.15, 0.2) is 70.9 Å². The zero-order valence-electron chi connectivity index (χ0n) is 24.6. The number of aromatic hydroxyl groups is 2. The number of amidine groups is 1. The largest absolute Gasteiger partial charge is 0.508 e. The minimum Gasteiger partial charge on any atom is -0.508 e. The van der Waals surface area contributed by atoms with Crippen molar-refractivity contribution in [3.63, 3.8) is 0 Å². The number of anilines is 1. The Balaban J connectivity index is 1.23. The fraction of sp³-hybridized carbons (Fsp3) is 0.400. The molecule has 44 heavy (non-hydrogen) atoms. The molecule has 0 spiro atoms. The van der Waals surface area contributed by atoms with E-state index >= 15 is 0 Å². The number of aliphatic hydroxyl groups is 1. The normalized spacial score (nSPS) is 29.1. The molecule has 7 rings (SSSR count). The SMILES string of the molecule is C[C@]12CC[C@@H]3c4cc(C/C(=N/N=C5/SCC(=O)N5c5ccc(Cl)cc5)c5ccc(O)cc5)c(O)cc4CC[C@H]3[C@@H]1CC[C@@H]2O. The van der Waals surface area contributed by atoms with Crippen molar-refractivity contribution in [1.29, 1.82) is 0 Å². The molecule has 3 aliphatic carbocycles. The highest BCUT2D eigenvalue weighted by Gasteiger charge is 2.54. The van der Waals surface area contributed by atoms with Crippen molar-refractivity contribution in [2.24, 2.45) is 27.5 Å². The number of hydrogen-bond donors (Lipinski definition) is 3. The van der Waals surface area contributed by atoms with Crippen LogP contribution in [0.5, 0.6) is 11.5 Å². The summed E-state index contributed by atoms with van der Waals surface area (Å²) in [6.07, 6.45) is 6.21. The number of rotatable bonds is 5. The maximum absolute atomic E-state index is 12.8. The Morgan fingerprint density at radius 2 is 1.82 bits per heavy atom. The molecule has 2 saturated carbocycles. The zero-order chi connectivity index (χ0) is 30.6. The minimum absolute atomic E-state index is 0.00974. The number of aryl methyl sites for hydroxylation is 1. The van der Waals surface area contributed by atoms with E-state index in [9.17, 15) is 20.1 Å². The summed E-state index contributed by atoms with van der Waals surface area (Å²) in [7, 11) is 0. The van der Waals surface area contributed by atoms with E-state index in [1.807, 2.05) is 6.07 Å². The number of fused-ring (bicyclic) bond motifs is 5. The number of benzene rings is 3. The average Bonchev–Trinajstić information content (AvgIpc) is 3.54. The van der Waals surface area contributed by atoms with Gasteiger partial charge in [0, 0.05) is 17.0 Å². The van der Waals surface area contributed by atoms with E-state index in [2.05, 4.69) is 23.2 Å². The molecule has 3 aromatic rings. The predicted octanol–water partition coefficient (Wildman–Crippen LogP) is 7.05. The second-order valence-electron chi connectivity index (χ2n) is 12.9. The molecule has 228 valence electrons. The average molecular weight is 630 g/mol. The standard InChI is InChI=1S/C35H36ClN3O4S/c1-35-15-14-26-27(29(35)12-13-32(35)42)11-4-21-18-31(41)22(16-28(21)26)17-30(20-2-9-25(40)10-3-20)37-38-34-39(33(43)19-44-34)24-7-5-23(36)6-8-24/h2-3,5-10,16,18,26-27,29,32,40-42H,4,11-15,17,19H2,1H3/b37-30-,38-34+/t26-,27+,29-,32-,35-/m0/s1. The molecule has 5 atom stereocenters. The molecule has 0 radical (unpaired) electrons. The highest BCUT2D eigenvalue weighted by molar-refractivity contribution is 8.15. The monoisotopic (exact) mass is 629 g/mol. The van der Waals surface area contributed by atoms with Gasteiger partial charge in [-0.1, -0.05) is 36.4 Å². The van der Waals surface area contributed by atoms with E-state index in [-0.39, 0.29) is 34.7 Å². The minimum atomic E-state index is -0.208. The quantitative estimate of drug-likeness (QED) is 0.207. The van der Waals surface area contributed by atoms with Gasteiger partial charge in [0.05, 0.1) is 23.3 Å². The van der Waals surface area contributed by atoms with E-state index in [4.69, 9.17) is 11.6 Å². The fourth-order valence-corrected chi connectivity index (χ4v) is 9.12. The number of thioether (sulfide) groups is 1. The third-order valence-electron chi connectivity index (χ3n) is 10.5. The first-order chi connectivity index (χ1) is 21.2. The molecule has 0 unspecified atom stereocenters. The van der Waals surface area contributed by atoms with Crippen LogP contribution in [-0.2, 0) is 17.6 Å². The molecular formula is C35H36ClN3O4S. The molecule has 1 aliphatic heterocycles. The van der Waals surface area contributed by atoms with Crippen molar-refractivity contribution >= 4 is 45.8 Å². The van der Waals surface area contributed by atoms with Crippen LogP contribution in [0.25, 0.3) is 0 Å². The Kier molecular flexibility index (Phi) is 7.71. The molecular weight excluding hydrogens is 594 g/mol. The molecule has 1 heterocycles. The van der Waals surface area contributed by atoms with Gasteiger partial charge in [0.2, 0.25) is 5.91 Å². The van der Waals surface area contributed by atoms with Gasteiger partial charge in [0.1, 0.15) is 11.5 Å². The van der Waals surface area contributed by atoms with Crippen LogP contribution in [0.1, 0.15) is 67.2 Å². The maximum Gasteiger partial charge on any atom is 0.243 e. The second kappa shape index (κ2) is 11.5. The number of nitrogens with zero attached hydrogens (tertiary/aromatic N) is 3. The van der Waals surface area contributed by atoms with Gasteiger partial charge in [-0.2, -0.15) is 5.10 Å². The number of phenols is 2. The Morgan fingerprint density at radius 3 is 2.59 bits per heavy atom. The van der Waals surface area contributed by atoms with Crippen molar-refractivity contribution in [3.8, 4) is 11.5 Å². The Morgan fingerprint density at radius 1 is 1.05 bits per heavy atom. The summed E-state index contributed by atoms with van der Waals surface area (Å²) in [5.41, 5.74) is 5.38. The van der Waals surface area contributed by atoms with Crippen molar-refractivity contribution in [1.82, 2.24) is 0 Å². The third-order valence-corrected chi connectivity index (χ3v) is 11.7. The van der Waals surface area contributed by atoms with Gasteiger partial charge in [-0.15, -0.1) is 5.10 Å². The van der Waals surface area contributed by atoms with Crippen LogP contribution in [0.3, 0.4) is 0 Å². The van der Waals surface area contributed by atoms with Gasteiger partial charge in [-0.05, 0) is 133 Å². The lowest BCUT2D eigenvalue weighted by Crippen LogP contribution is -2.43. The van der Waals surface area contributed by atoms with Crippen LogP contribution in [0.4, 0.5) is 5.69 Å². The van der Waals surface area contributed by atoms with Crippen LogP contribution < -0.4 is 4.90 Å². The smallest absolute Gasteiger partial charge is 0.243 e. The van der Waals surface area contributed by atoms with E-state index in [1.54, 1.807) is 53.4 Å².